The number of carbonyl (C=O) groups excluding carboxylic acids is 1. The number of methoxy groups -OCH3 is 1. The predicted molar refractivity (Wildman–Crippen MR) is 143 cm³/mol. The highest BCUT2D eigenvalue weighted by Crippen LogP contribution is 2.14. The normalized spacial score (nSPS) is 10.5. The third-order valence-corrected chi connectivity index (χ3v) is 6.84. The Balaban J connectivity index is 0.000000743. The molecule has 1 rings (SSSR count). The molecule has 31 heavy (non-hydrogen) atoms. The van der Waals surface area contributed by atoms with E-state index in [0.717, 1.165) is 17.1 Å². The number of rotatable bonds is 18. The summed E-state index contributed by atoms with van der Waals surface area (Å²) in [6.45, 7) is 2.28. The summed E-state index contributed by atoms with van der Waals surface area (Å²) < 4.78 is 4.63. The summed E-state index contributed by atoms with van der Waals surface area (Å²) in [5.41, 5.74) is 2.65. The van der Waals surface area contributed by atoms with Crippen molar-refractivity contribution in [3.05, 3.63) is 35.4 Å². The van der Waals surface area contributed by atoms with E-state index in [1.54, 1.807) is 0 Å². The van der Waals surface area contributed by atoms with Crippen LogP contribution in [0, 0.1) is 0 Å². The lowest BCUT2D eigenvalue weighted by Crippen LogP contribution is -1.99. The topological polar surface area (TPSA) is 26.3 Å². The summed E-state index contributed by atoms with van der Waals surface area (Å²) in [5.74, 6) is -0.0651. The molecule has 0 aliphatic rings. The van der Waals surface area contributed by atoms with E-state index in [9.17, 15) is 4.79 Å². The second kappa shape index (κ2) is 24.3. The summed E-state index contributed by atoms with van der Waals surface area (Å²) in [6.07, 6.45) is 20.9. The van der Waals surface area contributed by atoms with Gasteiger partial charge in [-0.05, 0) is 17.5 Å². The van der Waals surface area contributed by atoms with Crippen LogP contribution in [0.5, 0.6) is 0 Å². The van der Waals surface area contributed by atoms with Crippen molar-refractivity contribution in [1.29, 1.82) is 0 Å². The quantitative estimate of drug-likeness (QED) is 0.101. The van der Waals surface area contributed by atoms with E-state index in [1.165, 1.54) is 108 Å². The minimum Gasteiger partial charge on any atom is -0.469 e. The van der Waals surface area contributed by atoms with Crippen LogP contribution in [0.3, 0.4) is 0 Å². The highest BCUT2D eigenvalue weighted by atomic mass is 79.9. The molecular formula is C27H46Br2O2. The Kier molecular flexibility index (Phi) is 24.0. The Morgan fingerprint density at radius 3 is 1.26 bits per heavy atom. The van der Waals surface area contributed by atoms with Crippen molar-refractivity contribution in [2.45, 2.75) is 120 Å². The molecule has 0 spiro atoms. The third-order valence-electron chi connectivity index (χ3n) is 5.54. The van der Waals surface area contributed by atoms with Crippen molar-refractivity contribution >= 4 is 37.8 Å². The van der Waals surface area contributed by atoms with Gasteiger partial charge >= 0.3 is 5.97 Å². The van der Waals surface area contributed by atoms with Crippen molar-refractivity contribution in [3.8, 4) is 0 Å². The molecule has 4 heteroatoms. The molecule has 0 unspecified atom stereocenters. The zero-order valence-corrected chi connectivity index (χ0v) is 23.3. The second-order valence-electron chi connectivity index (χ2n) is 8.36. The molecule has 0 amide bonds. The zero-order chi connectivity index (χ0) is 23.0. The maximum absolute atomic E-state index is 10.9. The number of benzene rings is 1. The first-order valence-electron chi connectivity index (χ1n) is 12.4. The molecule has 0 aromatic heterocycles. The van der Waals surface area contributed by atoms with Gasteiger partial charge in [0.15, 0.2) is 0 Å². The van der Waals surface area contributed by atoms with Crippen molar-refractivity contribution < 1.29 is 9.53 Å². The number of unbranched alkanes of at least 4 members (excludes halogenated alkanes) is 14. The number of hydrogen-bond donors (Lipinski definition) is 0. The van der Waals surface area contributed by atoms with Crippen molar-refractivity contribution in [3.63, 3.8) is 0 Å². The lowest BCUT2D eigenvalue weighted by atomic mass is 10.0. The smallest absolute Gasteiger partial charge is 0.305 e. The Bertz CT molecular complexity index is 479. The van der Waals surface area contributed by atoms with Crippen molar-refractivity contribution in [2.24, 2.45) is 0 Å². The van der Waals surface area contributed by atoms with Crippen LogP contribution in [-0.4, -0.2) is 13.1 Å². The third kappa shape index (κ3) is 21.3. The SMILES string of the molecule is BrCc1ccc(CBr)cc1.CCCCCCCCCCCCCCCCCC(=O)OC. The van der Waals surface area contributed by atoms with Gasteiger partial charge in [-0.25, -0.2) is 0 Å². The summed E-state index contributed by atoms with van der Waals surface area (Å²) in [4.78, 5) is 10.9. The van der Waals surface area contributed by atoms with Crippen LogP contribution in [0.2, 0.25) is 0 Å². The molecule has 0 bridgehead atoms. The maximum Gasteiger partial charge on any atom is 0.305 e. The van der Waals surface area contributed by atoms with Gasteiger partial charge in [0.1, 0.15) is 0 Å². The van der Waals surface area contributed by atoms with Gasteiger partial charge in [0.2, 0.25) is 0 Å². The Morgan fingerprint density at radius 2 is 0.968 bits per heavy atom. The Morgan fingerprint density at radius 1 is 0.645 bits per heavy atom. The van der Waals surface area contributed by atoms with Gasteiger partial charge in [0.05, 0.1) is 7.11 Å². The molecule has 0 aliphatic carbocycles. The number of halogens is 2. The summed E-state index contributed by atoms with van der Waals surface area (Å²) >= 11 is 6.78. The van der Waals surface area contributed by atoms with Crippen LogP contribution in [0.1, 0.15) is 121 Å². The lowest BCUT2D eigenvalue weighted by molar-refractivity contribution is -0.140. The molecule has 2 nitrogen and oxygen atoms in total. The van der Waals surface area contributed by atoms with Crippen LogP contribution in [0.15, 0.2) is 24.3 Å². The van der Waals surface area contributed by atoms with E-state index in [-0.39, 0.29) is 5.97 Å². The van der Waals surface area contributed by atoms with Crippen molar-refractivity contribution in [2.75, 3.05) is 7.11 Å². The van der Waals surface area contributed by atoms with Gasteiger partial charge in [-0.15, -0.1) is 0 Å². The van der Waals surface area contributed by atoms with Crippen molar-refractivity contribution in [1.82, 2.24) is 0 Å². The monoisotopic (exact) mass is 560 g/mol. The Labute approximate surface area is 209 Å². The average Bonchev–Trinajstić information content (AvgIpc) is 2.81. The van der Waals surface area contributed by atoms with Gasteiger partial charge in [-0.2, -0.15) is 0 Å². The molecule has 180 valence electrons. The largest absolute Gasteiger partial charge is 0.469 e. The zero-order valence-electron chi connectivity index (χ0n) is 20.1. The molecule has 0 aliphatic heterocycles. The average molecular weight is 562 g/mol. The fourth-order valence-corrected chi connectivity index (χ4v) is 4.21. The van der Waals surface area contributed by atoms with Gasteiger partial charge in [-0.3, -0.25) is 4.79 Å². The van der Waals surface area contributed by atoms with E-state index in [2.05, 4.69) is 67.8 Å². The van der Waals surface area contributed by atoms with E-state index in [1.807, 2.05) is 0 Å². The van der Waals surface area contributed by atoms with Crippen LogP contribution in [0.25, 0.3) is 0 Å². The van der Waals surface area contributed by atoms with Crippen LogP contribution >= 0.6 is 31.9 Å². The summed E-state index contributed by atoms with van der Waals surface area (Å²) in [7, 11) is 1.47. The Hall–Kier alpha value is -0.350. The number of esters is 1. The molecule has 1 aromatic rings. The van der Waals surface area contributed by atoms with E-state index < -0.39 is 0 Å². The minimum absolute atomic E-state index is 0.0651. The van der Waals surface area contributed by atoms with Crippen LogP contribution in [-0.2, 0) is 20.2 Å². The van der Waals surface area contributed by atoms with E-state index in [4.69, 9.17) is 0 Å². The number of hydrogen-bond acceptors (Lipinski definition) is 2. The highest BCUT2D eigenvalue weighted by molar-refractivity contribution is 9.08. The lowest BCUT2D eigenvalue weighted by Gasteiger charge is -2.03. The van der Waals surface area contributed by atoms with Gasteiger partial charge in [0.25, 0.3) is 0 Å². The van der Waals surface area contributed by atoms with Crippen LogP contribution in [0.4, 0.5) is 0 Å². The standard InChI is InChI=1S/C19H38O2.C8H8Br2/c1-3-4-5-6-7-8-9-10-11-12-13-14-15-16-17-18-19(20)21-2;9-5-7-1-2-8(6-10)4-3-7/h3-18H2,1-2H3;1-4H,5-6H2. The predicted octanol–water partition coefficient (Wildman–Crippen LogP) is 9.90. The molecule has 0 fully saturated rings. The molecule has 1 aromatic carbocycles. The van der Waals surface area contributed by atoms with Crippen LogP contribution < -0.4 is 0 Å². The minimum atomic E-state index is -0.0651. The summed E-state index contributed by atoms with van der Waals surface area (Å²) in [6, 6.07) is 8.52. The fourth-order valence-electron chi connectivity index (χ4n) is 3.46. The van der Waals surface area contributed by atoms with E-state index >= 15 is 0 Å². The number of ether oxygens (including phenoxy) is 1. The molecule has 0 atom stereocenters. The molecule has 0 saturated carbocycles. The van der Waals surface area contributed by atoms with E-state index in [0.29, 0.717) is 6.42 Å². The fraction of sp³-hybridized carbons (Fsp3) is 0.741. The maximum atomic E-state index is 10.9. The first-order valence-corrected chi connectivity index (χ1v) is 14.7. The highest BCUT2D eigenvalue weighted by Gasteiger charge is 1.99. The number of alkyl halides is 2. The first kappa shape index (κ1) is 30.6. The molecule has 0 heterocycles. The second-order valence-corrected chi connectivity index (χ2v) is 9.48. The first-order chi connectivity index (χ1) is 15.2. The molecule has 0 saturated heterocycles. The van der Waals surface area contributed by atoms with Gasteiger partial charge in [0, 0.05) is 17.1 Å². The molecule has 0 radical (unpaired) electrons. The van der Waals surface area contributed by atoms with Gasteiger partial charge < -0.3 is 4.74 Å². The van der Waals surface area contributed by atoms with Gasteiger partial charge in [-0.1, -0.05) is 153 Å². The molecule has 0 N–H and O–H groups in total. The summed E-state index contributed by atoms with van der Waals surface area (Å²) in [5, 5.41) is 1.88. The molecular weight excluding hydrogens is 516 g/mol. The number of carbonyl (C=O) groups is 1.